The molecule has 122 valence electrons. The van der Waals surface area contributed by atoms with Gasteiger partial charge in [0.25, 0.3) is 0 Å². The van der Waals surface area contributed by atoms with Gasteiger partial charge in [0, 0.05) is 4.47 Å². The lowest BCUT2D eigenvalue weighted by Gasteiger charge is -2.34. The highest BCUT2D eigenvalue weighted by molar-refractivity contribution is 9.10. The smallest absolute Gasteiger partial charge is 0.0702 e. The minimum absolute atomic E-state index is 0.0161. The van der Waals surface area contributed by atoms with E-state index in [4.69, 9.17) is 0 Å². The van der Waals surface area contributed by atoms with Crippen molar-refractivity contribution in [1.82, 2.24) is 5.32 Å². The Labute approximate surface area is 148 Å². The standard InChI is InChI=1S/C21H26BrN/c1-3-5-13-21(23-14-6-4-2)19-10-8-7-9-17(19)18-15-16(22)11-12-20(18)21/h7-12,15,23H,3-6,13-14H2,1-2H3. The average Bonchev–Trinajstić information content (AvgIpc) is 2.84. The maximum Gasteiger partial charge on any atom is 0.0702 e. The molecule has 2 aromatic rings. The second-order valence-electron chi connectivity index (χ2n) is 6.52. The number of rotatable bonds is 7. The normalized spacial score (nSPS) is 18.7. The molecule has 1 N–H and O–H groups in total. The lowest BCUT2D eigenvalue weighted by molar-refractivity contribution is 0.366. The summed E-state index contributed by atoms with van der Waals surface area (Å²) in [6.07, 6.45) is 6.08. The molecule has 0 amide bonds. The molecule has 0 bridgehead atoms. The predicted molar refractivity (Wildman–Crippen MR) is 103 cm³/mol. The van der Waals surface area contributed by atoms with Gasteiger partial charge in [-0.2, -0.15) is 0 Å². The lowest BCUT2D eigenvalue weighted by atomic mass is 9.82. The van der Waals surface area contributed by atoms with Crippen molar-refractivity contribution in [2.75, 3.05) is 6.54 Å². The first-order chi connectivity index (χ1) is 11.2. The Balaban J connectivity index is 2.13. The first kappa shape index (κ1) is 16.7. The molecule has 0 fully saturated rings. The van der Waals surface area contributed by atoms with E-state index in [2.05, 4.69) is 77.6 Å². The van der Waals surface area contributed by atoms with Gasteiger partial charge in [-0.15, -0.1) is 0 Å². The fraction of sp³-hybridized carbons (Fsp3) is 0.429. The molecule has 0 aliphatic heterocycles. The van der Waals surface area contributed by atoms with E-state index < -0.39 is 0 Å². The molecule has 2 heteroatoms. The van der Waals surface area contributed by atoms with E-state index in [1.54, 1.807) is 0 Å². The number of nitrogens with one attached hydrogen (secondary N) is 1. The van der Waals surface area contributed by atoms with Gasteiger partial charge in [-0.25, -0.2) is 0 Å². The molecule has 0 aromatic heterocycles. The van der Waals surface area contributed by atoms with Crippen LogP contribution in [0.2, 0.25) is 0 Å². The number of hydrogen-bond acceptors (Lipinski definition) is 1. The van der Waals surface area contributed by atoms with Crippen molar-refractivity contribution >= 4 is 15.9 Å². The third-order valence-corrected chi connectivity index (χ3v) is 5.47. The maximum absolute atomic E-state index is 3.95. The molecule has 0 heterocycles. The Bertz CT molecular complexity index is 679. The number of benzene rings is 2. The zero-order valence-electron chi connectivity index (χ0n) is 14.2. The van der Waals surface area contributed by atoms with Crippen LogP contribution in [0.15, 0.2) is 46.9 Å². The first-order valence-electron chi connectivity index (χ1n) is 8.88. The van der Waals surface area contributed by atoms with Gasteiger partial charge in [0.15, 0.2) is 0 Å². The Hall–Kier alpha value is -1.12. The van der Waals surface area contributed by atoms with Crippen LogP contribution in [-0.2, 0) is 5.54 Å². The summed E-state index contributed by atoms with van der Waals surface area (Å²) in [5.41, 5.74) is 5.67. The summed E-state index contributed by atoms with van der Waals surface area (Å²) in [5, 5.41) is 3.95. The van der Waals surface area contributed by atoms with Crippen LogP contribution in [0.5, 0.6) is 0 Å². The summed E-state index contributed by atoms with van der Waals surface area (Å²) < 4.78 is 1.16. The summed E-state index contributed by atoms with van der Waals surface area (Å²) >= 11 is 3.65. The number of hydrogen-bond donors (Lipinski definition) is 1. The predicted octanol–water partition coefficient (Wildman–Crippen LogP) is 6.25. The van der Waals surface area contributed by atoms with Gasteiger partial charge in [-0.3, -0.25) is 0 Å². The summed E-state index contributed by atoms with van der Waals surface area (Å²) in [4.78, 5) is 0. The molecule has 1 unspecified atom stereocenters. The van der Waals surface area contributed by atoms with Gasteiger partial charge >= 0.3 is 0 Å². The first-order valence-corrected chi connectivity index (χ1v) is 9.67. The minimum atomic E-state index is -0.0161. The molecule has 1 atom stereocenters. The fourth-order valence-electron chi connectivity index (χ4n) is 3.82. The third kappa shape index (κ3) is 2.99. The molecule has 1 aliphatic rings. The minimum Gasteiger partial charge on any atom is -0.304 e. The van der Waals surface area contributed by atoms with Crippen LogP contribution < -0.4 is 5.32 Å². The SMILES string of the molecule is CCCCNC1(CCCC)c2ccccc2-c2cc(Br)ccc21. The Morgan fingerprint density at radius 3 is 2.43 bits per heavy atom. The molecule has 0 radical (unpaired) electrons. The molecule has 1 nitrogen and oxygen atoms in total. The highest BCUT2D eigenvalue weighted by atomic mass is 79.9. The zero-order valence-corrected chi connectivity index (χ0v) is 15.7. The summed E-state index contributed by atoms with van der Waals surface area (Å²) in [5.74, 6) is 0. The summed E-state index contributed by atoms with van der Waals surface area (Å²) in [6.45, 7) is 5.61. The van der Waals surface area contributed by atoms with E-state index in [0.29, 0.717) is 0 Å². The second kappa shape index (κ2) is 7.19. The molecule has 1 aliphatic carbocycles. The molecular weight excluding hydrogens is 346 g/mol. The van der Waals surface area contributed by atoms with Crippen molar-refractivity contribution in [2.24, 2.45) is 0 Å². The van der Waals surface area contributed by atoms with E-state index in [0.717, 1.165) is 11.0 Å². The number of fused-ring (bicyclic) bond motifs is 3. The zero-order chi connectivity index (χ0) is 16.3. The van der Waals surface area contributed by atoms with E-state index in [9.17, 15) is 0 Å². The Kier molecular flexibility index (Phi) is 5.23. The van der Waals surface area contributed by atoms with Crippen molar-refractivity contribution in [3.05, 3.63) is 58.1 Å². The quantitative estimate of drug-likeness (QED) is 0.566. The summed E-state index contributed by atoms with van der Waals surface area (Å²) in [7, 11) is 0. The van der Waals surface area contributed by atoms with Crippen LogP contribution in [0, 0.1) is 0 Å². The van der Waals surface area contributed by atoms with E-state index in [1.165, 1.54) is 54.4 Å². The van der Waals surface area contributed by atoms with Crippen molar-refractivity contribution in [2.45, 2.75) is 51.5 Å². The molecule has 0 spiro atoms. The number of halogens is 1. The van der Waals surface area contributed by atoms with E-state index in [1.807, 2.05) is 0 Å². The largest absolute Gasteiger partial charge is 0.304 e. The highest BCUT2D eigenvalue weighted by Gasteiger charge is 2.41. The second-order valence-corrected chi connectivity index (χ2v) is 7.44. The fourth-order valence-corrected chi connectivity index (χ4v) is 4.18. The van der Waals surface area contributed by atoms with Gasteiger partial charge in [-0.05, 0) is 53.8 Å². The van der Waals surface area contributed by atoms with E-state index in [-0.39, 0.29) is 5.54 Å². The van der Waals surface area contributed by atoms with Crippen LogP contribution in [-0.4, -0.2) is 6.54 Å². The molecule has 0 saturated heterocycles. The molecule has 23 heavy (non-hydrogen) atoms. The van der Waals surface area contributed by atoms with Gasteiger partial charge in [0.05, 0.1) is 5.54 Å². The van der Waals surface area contributed by atoms with Gasteiger partial charge in [-0.1, -0.05) is 79.4 Å². The third-order valence-electron chi connectivity index (χ3n) is 4.98. The Morgan fingerprint density at radius 2 is 1.65 bits per heavy atom. The molecule has 0 saturated carbocycles. The van der Waals surface area contributed by atoms with Crippen LogP contribution in [0.25, 0.3) is 11.1 Å². The molecular formula is C21H26BrN. The van der Waals surface area contributed by atoms with Gasteiger partial charge in [0.1, 0.15) is 0 Å². The van der Waals surface area contributed by atoms with Crippen LogP contribution in [0.3, 0.4) is 0 Å². The number of unbranched alkanes of at least 4 members (excludes halogenated alkanes) is 2. The van der Waals surface area contributed by atoms with Crippen molar-refractivity contribution in [3.63, 3.8) is 0 Å². The van der Waals surface area contributed by atoms with Crippen LogP contribution >= 0.6 is 15.9 Å². The topological polar surface area (TPSA) is 12.0 Å². The van der Waals surface area contributed by atoms with Crippen molar-refractivity contribution < 1.29 is 0 Å². The van der Waals surface area contributed by atoms with Gasteiger partial charge in [0.2, 0.25) is 0 Å². The summed E-state index contributed by atoms with van der Waals surface area (Å²) in [6, 6.07) is 15.7. The monoisotopic (exact) mass is 371 g/mol. The molecule has 3 rings (SSSR count). The van der Waals surface area contributed by atoms with Crippen molar-refractivity contribution in [3.8, 4) is 11.1 Å². The average molecular weight is 372 g/mol. The van der Waals surface area contributed by atoms with E-state index >= 15 is 0 Å². The highest BCUT2D eigenvalue weighted by Crippen LogP contribution is 2.50. The Morgan fingerprint density at radius 1 is 0.913 bits per heavy atom. The maximum atomic E-state index is 3.95. The van der Waals surface area contributed by atoms with Crippen LogP contribution in [0.1, 0.15) is 57.1 Å². The van der Waals surface area contributed by atoms with Crippen LogP contribution in [0.4, 0.5) is 0 Å². The van der Waals surface area contributed by atoms with Crippen molar-refractivity contribution in [1.29, 1.82) is 0 Å². The lowest BCUT2D eigenvalue weighted by Crippen LogP contribution is -2.42. The van der Waals surface area contributed by atoms with Gasteiger partial charge < -0.3 is 5.32 Å². The molecule has 2 aromatic carbocycles.